The van der Waals surface area contributed by atoms with E-state index in [0.717, 1.165) is 24.3 Å². The van der Waals surface area contributed by atoms with Crippen molar-refractivity contribution >= 4 is 23.8 Å². The third-order valence-electron chi connectivity index (χ3n) is 4.45. The van der Waals surface area contributed by atoms with Crippen LogP contribution in [0.5, 0.6) is 0 Å². The minimum atomic E-state index is -0.702. The molecule has 0 saturated carbocycles. The fraction of sp³-hybridized carbons (Fsp3) is 0.857. The van der Waals surface area contributed by atoms with E-state index in [2.05, 4.69) is 5.32 Å². The van der Waals surface area contributed by atoms with Gasteiger partial charge in [-0.2, -0.15) is 11.8 Å². The Labute approximate surface area is 124 Å². The van der Waals surface area contributed by atoms with Gasteiger partial charge in [0.15, 0.2) is 0 Å². The highest BCUT2D eigenvalue weighted by Gasteiger charge is 2.41. The van der Waals surface area contributed by atoms with Gasteiger partial charge in [-0.25, -0.2) is 4.79 Å². The molecule has 0 radical (unpaired) electrons. The van der Waals surface area contributed by atoms with Crippen molar-refractivity contribution in [3.8, 4) is 0 Å². The Morgan fingerprint density at radius 3 is 2.60 bits per heavy atom. The Morgan fingerprint density at radius 1 is 1.40 bits per heavy atom. The monoisotopic (exact) mass is 300 g/mol. The third-order valence-corrected chi connectivity index (χ3v) is 5.61. The quantitative estimate of drug-likeness (QED) is 0.835. The maximum atomic E-state index is 12.2. The number of hydrogen-bond acceptors (Lipinski definition) is 3. The Kier molecular flexibility index (Phi) is 5.18. The van der Waals surface area contributed by atoms with Crippen LogP contribution in [0.25, 0.3) is 0 Å². The number of hydrogen-bond donors (Lipinski definition) is 2. The Bertz CT molecular complexity index is 361. The molecule has 1 unspecified atom stereocenters. The van der Waals surface area contributed by atoms with Gasteiger partial charge in [0.05, 0.1) is 5.41 Å². The van der Waals surface area contributed by atoms with Crippen LogP contribution in [0.15, 0.2) is 0 Å². The summed E-state index contributed by atoms with van der Waals surface area (Å²) in [6, 6.07) is 0.266. The van der Waals surface area contributed by atoms with E-state index >= 15 is 0 Å². The second-order valence-corrected chi connectivity index (χ2v) is 6.98. The number of urea groups is 1. The zero-order chi connectivity index (χ0) is 14.6. The van der Waals surface area contributed by atoms with Gasteiger partial charge in [-0.15, -0.1) is 0 Å². The van der Waals surface area contributed by atoms with Gasteiger partial charge in [0.25, 0.3) is 0 Å². The molecule has 114 valence electrons. The standard InChI is InChI=1S/C14H24N2O3S/c1-2-4-14(12(17)18)5-7-16(8-6-14)13(19)15-11-3-9-20-10-11/h11H,2-10H2,1H3,(H,15,19)(H,17,18). The smallest absolute Gasteiger partial charge is 0.317 e. The molecule has 2 amide bonds. The number of amides is 2. The lowest BCUT2D eigenvalue weighted by atomic mass is 9.75. The summed E-state index contributed by atoms with van der Waals surface area (Å²) < 4.78 is 0. The molecule has 2 aliphatic rings. The van der Waals surface area contributed by atoms with Crippen molar-refractivity contribution in [2.45, 2.75) is 45.1 Å². The molecule has 2 N–H and O–H groups in total. The van der Waals surface area contributed by atoms with E-state index in [1.807, 2.05) is 18.7 Å². The highest BCUT2D eigenvalue weighted by atomic mass is 32.2. The number of piperidine rings is 1. The maximum absolute atomic E-state index is 12.2. The molecule has 20 heavy (non-hydrogen) atoms. The highest BCUT2D eigenvalue weighted by Crippen LogP contribution is 2.36. The molecule has 2 saturated heterocycles. The zero-order valence-corrected chi connectivity index (χ0v) is 12.9. The van der Waals surface area contributed by atoms with Gasteiger partial charge in [-0.05, 0) is 31.4 Å². The minimum absolute atomic E-state index is 0.0204. The molecule has 2 fully saturated rings. The van der Waals surface area contributed by atoms with E-state index in [-0.39, 0.29) is 12.1 Å². The summed E-state index contributed by atoms with van der Waals surface area (Å²) in [5.74, 6) is 1.41. The lowest BCUT2D eigenvalue weighted by Gasteiger charge is -2.39. The molecule has 2 aliphatic heterocycles. The van der Waals surface area contributed by atoms with Crippen molar-refractivity contribution in [3.63, 3.8) is 0 Å². The summed E-state index contributed by atoms with van der Waals surface area (Å²) in [7, 11) is 0. The van der Waals surface area contributed by atoms with Gasteiger partial charge in [0, 0.05) is 24.9 Å². The first-order valence-corrected chi connectivity index (χ1v) is 8.59. The summed E-state index contributed by atoms with van der Waals surface area (Å²) in [6.07, 6.45) is 3.76. The molecule has 0 aliphatic carbocycles. The van der Waals surface area contributed by atoms with Crippen LogP contribution < -0.4 is 5.32 Å². The Balaban J connectivity index is 1.86. The Morgan fingerprint density at radius 2 is 2.10 bits per heavy atom. The van der Waals surface area contributed by atoms with E-state index in [4.69, 9.17) is 0 Å². The van der Waals surface area contributed by atoms with E-state index < -0.39 is 11.4 Å². The highest BCUT2D eigenvalue weighted by molar-refractivity contribution is 7.99. The summed E-state index contributed by atoms with van der Waals surface area (Å²) in [6.45, 7) is 3.12. The van der Waals surface area contributed by atoms with E-state index in [1.165, 1.54) is 0 Å². The SMILES string of the molecule is CCCC1(C(=O)O)CCN(C(=O)NC2CCSC2)CC1. The molecule has 0 aromatic rings. The number of carbonyl (C=O) groups is 2. The van der Waals surface area contributed by atoms with E-state index in [1.54, 1.807) is 4.90 Å². The average molecular weight is 300 g/mol. The predicted octanol–water partition coefficient (Wildman–Crippen LogP) is 2.17. The molecule has 5 nitrogen and oxygen atoms in total. The molecule has 6 heteroatoms. The lowest BCUT2D eigenvalue weighted by Crippen LogP contribution is -2.51. The summed E-state index contributed by atoms with van der Waals surface area (Å²) in [5, 5.41) is 12.5. The molecule has 0 aromatic carbocycles. The topological polar surface area (TPSA) is 69.6 Å². The fourth-order valence-corrected chi connectivity index (χ4v) is 4.25. The Hall–Kier alpha value is -0.910. The average Bonchev–Trinajstić information content (AvgIpc) is 2.92. The number of carboxylic acids is 1. The largest absolute Gasteiger partial charge is 0.481 e. The van der Waals surface area contributed by atoms with Crippen LogP contribution in [0.3, 0.4) is 0 Å². The molecule has 0 bridgehead atoms. The minimum Gasteiger partial charge on any atom is -0.481 e. The molecule has 2 rings (SSSR count). The van der Waals surface area contributed by atoms with Crippen molar-refractivity contribution in [1.82, 2.24) is 10.2 Å². The van der Waals surface area contributed by atoms with Crippen molar-refractivity contribution in [2.24, 2.45) is 5.41 Å². The number of likely N-dealkylation sites (tertiary alicyclic amines) is 1. The summed E-state index contributed by atoms with van der Waals surface area (Å²) in [4.78, 5) is 25.4. The number of aliphatic carboxylic acids is 1. The first kappa shape index (κ1) is 15.5. The van der Waals surface area contributed by atoms with Crippen LogP contribution in [0.2, 0.25) is 0 Å². The van der Waals surface area contributed by atoms with E-state index in [9.17, 15) is 14.7 Å². The third kappa shape index (κ3) is 3.40. The van der Waals surface area contributed by atoms with Gasteiger partial charge in [-0.3, -0.25) is 4.79 Å². The normalized spacial score (nSPS) is 25.4. The number of carboxylic acid groups (broad SMARTS) is 1. The number of rotatable bonds is 4. The summed E-state index contributed by atoms with van der Waals surface area (Å²) >= 11 is 1.87. The molecular formula is C14H24N2O3S. The molecule has 0 aromatic heterocycles. The van der Waals surface area contributed by atoms with Crippen LogP contribution >= 0.6 is 11.8 Å². The maximum Gasteiger partial charge on any atom is 0.317 e. The van der Waals surface area contributed by atoms with Crippen LogP contribution in [0.4, 0.5) is 4.79 Å². The number of nitrogens with one attached hydrogen (secondary N) is 1. The number of carbonyl (C=O) groups excluding carboxylic acids is 1. The zero-order valence-electron chi connectivity index (χ0n) is 12.1. The first-order valence-electron chi connectivity index (χ1n) is 7.44. The van der Waals surface area contributed by atoms with Crippen molar-refractivity contribution in [1.29, 1.82) is 0 Å². The molecule has 1 atom stereocenters. The van der Waals surface area contributed by atoms with Gasteiger partial charge in [-0.1, -0.05) is 13.3 Å². The number of thioether (sulfide) groups is 1. The van der Waals surface area contributed by atoms with Crippen LogP contribution in [0, 0.1) is 5.41 Å². The van der Waals surface area contributed by atoms with Crippen LogP contribution in [0.1, 0.15) is 39.0 Å². The van der Waals surface area contributed by atoms with E-state index in [0.29, 0.717) is 32.4 Å². The summed E-state index contributed by atoms with van der Waals surface area (Å²) in [5.41, 5.74) is -0.616. The van der Waals surface area contributed by atoms with Crippen LogP contribution in [-0.2, 0) is 4.79 Å². The van der Waals surface area contributed by atoms with Crippen LogP contribution in [-0.4, -0.2) is 52.6 Å². The number of nitrogens with zero attached hydrogens (tertiary/aromatic N) is 1. The lowest BCUT2D eigenvalue weighted by molar-refractivity contribution is -0.152. The second kappa shape index (κ2) is 6.70. The molecular weight excluding hydrogens is 276 g/mol. The van der Waals surface area contributed by atoms with Gasteiger partial charge >= 0.3 is 12.0 Å². The van der Waals surface area contributed by atoms with Gasteiger partial charge in [0.2, 0.25) is 0 Å². The molecule has 0 spiro atoms. The second-order valence-electron chi connectivity index (χ2n) is 5.83. The van der Waals surface area contributed by atoms with Crippen molar-refractivity contribution in [3.05, 3.63) is 0 Å². The predicted molar refractivity (Wildman–Crippen MR) is 80.0 cm³/mol. The molecule has 2 heterocycles. The van der Waals surface area contributed by atoms with Gasteiger partial charge in [0.1, 0.15) is 0 Å². The fourth-order valence-electron chi connectivity index (χ4n) is 3.10. The van der Waals surface area contributed by atoms with Crippen molar-refractivity contribution < 1.29 is 14.7 Å². The van der Waals surface area contributed by atoms with Crippen molar-refractivity contribution in [2.75, 3.05) is 24.6 Å². The first-order chi connectivity index (χ1) is 9.57. The van der Waals surface area contributed by atoms with Gasteiger partial charge < -0.3 is 15.3 Å².